The summed E-state index contributed by atoms with van der Waals surface area (Å²) in [4.78, 5) is 0.0324. The Bertz CT molecular complexity index is 732. The number of hydrogen-bond acceptors (Lipinski definition) is 2. The van der Waals surface area contributed by atoms with E-state index in [1.54, 1.807) is 12.1 Å². The monoisotopic (exact) mass is 313 g/mol. The van der Waals surface area contributed by atoms with Crippen LogP contribution in [0.25, 0.3) is 0 Å². The Morgan fingerprint density at radius 1 is 1.20 bits per heavy atom. The lowest BCUT2D eigenvalue weighted by Crippen LogP contribution is -2.13. The van der Waals surface area contributed by atoms with Crippen LogP contribution in [-0.2, 0) is 16.4 Å². The molecule has 2 aromatic rings. The molecular formula is C14H13ClFNO2S. The highest BCUT2D eigenvalue weighted by atomic mass is 35.5. The Morgan fingerprint density at radius 3 is 2.55 bits per heavy atom. The molecule has 0 atom stereocenters. The Labute approximate surface area is 122 Å². The zero-order valence-corrected chi connectivity index (χ0v) is 12.3. The summed E-state index contributed by atoms with van der Waals surface area (Å²) < 4.78 is 40.2. The summed E-state index contributed by atoms with van der Waals surface area (Å²) in [6.07, 6.45) is 0.549. The first-order valence-electron chi connectivity index (χ1n) is 5.99. The number of benzene rings is 2. The van der Waals surface area contributed by atoms with Crippen LogP contribution < -0.4 is 4.72 Å². The number of halogens is 2. The maximum Gasteiger partial charge on any atom is 0.261 e. The van der Waals surface area contributed by atoms with Crippen molar-refractivity contribution < 1.29 is 12.8 Å². The summed E-state index contributed by atoms with van der Waals surface area (Å²) in [5, 5.41) is 0.320. The molecule has 6 heteroatoms. The van der Waals surface area contributed by atoms with Gasteiger partial charge in [-0.2, -0.15) is 0 Å². The number of aryl methyl sites for hydroxylation is 1. The maximum absolute atomic E-state index is 13.6. The highest BCUT2D eigenvalue weighted by molar-refractivity contribution is 7.92. The molecular weight excluding hydrogens is 301 g/mol. The fraction of sp³-hybridized carbons (Fsp3) is 0.143. The average Bonchev–Trinajstić information content (AvgIpc) is 2.38. The smallest absolute Gasteiger partial charge is 0.261 e. The standard InChI is InChI=1S/C14H13ClFNO2S/c1-2-10-6-7-12(9-14(10)16)17-20(18,19)13-5-3-4-11(15)8-13/h3-9,17H,2H2,1H3. The second-order valence-electron chi connectivity index (χ2n) is 4.22. The summed E-state index contributed by atoms with van der Waals surface area (Å²) in [7, 11) is -3.77. The molecule has 0 aliphatic heterocycles. The zero-order chi connectivity index (χ0) is 14.8. The molecule has 0 fully saturated rings. The van der Waals surface area contributed by atoms with Gasteiger partial charge >= 0.3 is 0 Å². The Balaban J connectivity index is 2.31. The van der Waals surface area contributed by atoms with Crippen LogP contribution in [0, 0.1) is 5.82 Å². The lowest BCUT2D eigenvalue weighted by atomic mass is 10.1. The third-order valence-corrected chi connectivity index (χ3v) is 4.41. The highest BCUT2D eigenvalue weighted by Gasteiger charge is 2.15. The SMILES string of the molecule is CCc1ccc(NS(=O)(=O)c2cccc(Cl)c2)cc1F. The number of rotatable bonds is 4. The molecule has 1 N–H and O–H groups in total. The molecule has 0 bridgehead atoms. The van der Waals surface area contributed by atoms with Crippen molar-refractivity contribution in [2.45, 2.75) is 18.2 Å². The van der Waals surface area contributed by atoms with Crippen molar-refractivity contribution in [1.82, 2.24) is 0 Å². The van der Waals surface area contributed by atoms with Crippen molar-refractivity contribution in [3.8, 4) is 0 Å². The molecule has 0 saturated carbocycles. The molecule has 2 rings (SSSR count). The van der Waals surface area contributed by atoms with E-state index in [0.717, 1.165) is 0 Å². The van der Waals surface area contributed by atoms with Gasteiger partial charge in [-0.05, 0) is 42.3 Å². The molecule has 0 heterocycles. The van der Waals surface area contributed by atoms with E-state index in [9.17, 15) is 12.8 Å². The molecule has 2 aromatic carbocycles. The van der Waals surface area contributed by atoms with E-state index in [1.807, 2.05) is 6.92 Å². The predicted octanol–water partition coefficient (Wildman–Crippen LogP) is 3.84. The summed E-state index contributed by atoms with van der Waals surface area (Å²) in [6, 6.07) is 10.1. The van der Waals surface area contributed by atoms with Crippen LogP contribution in [0.2, 0.25) is 5.02 Å². The topological polar surface area (TPSA) is 46.2 Å². The van der Waals surface area contributed by atoms with E-state index in [0.29, 0.717) is 17.0 Å². The van der Waals surface area contributed by atoms with Crippen LogP contribution >= 0.6 is 11.6 Å². The van der Waals surface area contributed by atoms with Gasteiger partial charge in [-0.3, -0.25) is 4.72 Å². The van der Waals surface area contributed by atoms with Gasteiger partial charge in [-0.1, -0.05) is 30.7 Å². The number of hydrogen-bond donors (Lipinski definition) is 1. The molecule has 0 spiro atoms. The Kier molecular flexibility index (Phi) is 4.30. The zero-order valence-electron chi connectivity index (χ0n) is 10.7. The van der Waals surface area contributed by atoms with Crippen LogP contribution in [0.1, 0.15) is 12.5 Å². The van der Waals surface area contributed by atoms with Gasteiger partial charge in [0.05, 0.1) is 10.6 Å². The maximum atomic E-state index is 13.6. The number of anilines is 1. The van der Waals surface area contributed by atoms with Crippen molar-refractivity contribution in [3.05, 3.63) is 58.9 Å². The molecule has 0 aliphatic carbocycles. The third kappa shape index (κ3) is 3.29. The Morgan fingerprint density at radius 2 is 1.95 bits per heavy atom. The number of sulfonamides is 1. The summed E-state index contributed by atoms with van der Waals surface area (Å²) in [5.74, 6) is -0.432. The normalized spacial score (nSPS) is 11.3. The van der Waals surface area contributed by atoms with Gasteiger partial charge in [0.25, 0.3) is 10.0 Å². The van der Waals surface area contributed by atoms with Gasteiger partial charge < -0.3 is 0 Å². The molecule has 0 unspecified atom stereocenters. The Hall–Kier alpha value is -1.59. The quantitative estimate of drug-likeness (QED) is 0.932. The number of nitrogens with one attached hydrogen (secondary N) is 1. The van der Waals surface area contributed by atoms with Gasteiger partial charge in [-0.15, -0.1) is 0 Å². The molecule has 0 saturated heterocycles. The van der Waals surface area contributed by atoms with E-state index >= 15 is 0 Å². The summed E-state index contributed by atoms with van der Waals surface area (Å²) in [6.45, 7) is 1.83. The van der Waals surface area contributed by atoms with E-state index < -0.39 is 15.8 Å². The van der Waals surface area contributed by atoms with Gasteiger partial charge in [0, 0.05) is 5.02 Å². The minimum absolute atomic E-state index is 0.0324. The molecule has 0 radical (unpaired) electrons. The van der Waals surface area contributed by atoms with Crippen LogP contribution in [-0.4, -0.2) is 8.42 Å². The second kappa shape index (κ2) is 5.81. The minimum atomic E-state index is -3.77. The van der Waals surface area contributed by atoms with E-state index in [1.165, 1.54) is 30.3 Å². The second-order valence-corrected chi connectivity index (χ2v) is 6.34. The minimum Gasteiger partial charge on any atom is -0.280 e. The van der Waals surface area contributed by atoms with Crippen molar-refractivity contribution in [3.63, 3.8) is 0 Å². The van der Waals surface area contributed by atoms with E-state index in [4.69, 9.17) is 11.6 Å². The molecule has 106 valence electrons. The van der Waals surface area contributed by atoms with Gasteiger partial charge in [0.1, 0.15) is 5.82 Å². The molecule has 0 aromatic heterocycles. The van der Waals surface area contributed by atoms with Crippen LogP contribution in [0.3, 0.4) is 0 Å². The average molecular weight is 314 g/mol. The lowest BCUT2D eigenvalue weighted by molar-refractivity contribution is 0.600. The lowest BCUT2D eigenvalue weighted by Gasteiger charge is -2.09. The molecule has 0 aliphatic rings. The van der Waals surface area contributed by atoms with Crippen LogP contribution in [0.5, 0.6) is 0 Å². The van der Waals surface area contributed by atoms with Gasteiger partial charge in [-0.25, -0.2) is 12.8 Å². The first-order chi connectivity index (χ1) is 9.42. The third-order valence-electron chi connectivity index (χ3n) is 2.79. The van der Waals surface area contributed by atoms with Crippen LogP contribution in [0.15, 0.2) is 47.4 Å². The van der Waals surface area contributed by atoms with Crippen molar-refractivity contribution in [2.24, 2.45) is 0 Å². The summed E-state index contributed by atoms with van der Waals surface area (Å²) in [5.41, 5.74) is 0.718. The fourth-order valence-electron chi connectivity index (χ4n) is 1.75. The first kappa shape index (κ1) is 14.8. The molecule has 3 nitrogen and oxygen atoms in total. The fourth-order valence-corrected chi connectivity index (χ4v) is 3.10. The van der Waals surface area contributed by atoms with E-state index in [-0.39, 0.29) is 10.6 Å². The van der Waals surface area contributed by atoms with Crippen molar-refractivity contribution >= 4 is 27.3 Å². The van der Waals surface area contributed by atoms with Crippen molar-refractivity contribution in [2.75, 3.05) is 4.72 Å². The largest absolute Gasteiger partial charge is 0.280 e. The van der Waals surface area contributed by atoms with Gasteiger partial charge in [0.15, 0.2) is 0 Å². The molecule has 20 heavy (non-hydrogen) atoms. The highest BCUT2D eigenvalue weighted by Crippen LogP contribution is 2.21. The summed E-state index contributed by atoms with van der Waals surface area (Å²) >= 11 is 5.77. The first-order valence-corrected chi connectivity index (χ1v) is 7.85. The van der Waals surface area contributed by atoms with E-state index in [2.05, 4.69) is 4.72 Å². The predicted molar refractivity (Wildman–Crippen MR) is 78.0 cm³/mol. The van der Waals surface area contributed by atoms with Gasteiger partial charge in [0.2, 0.25) is 0 Å². The van der Waals surface area contributed by atoms with Crippen LogP contribution in [0.4, 0.5) is 10.1 Å². The molecule has 0 amide bonds. The van der Waals surface area contributed by atoms with Crippen molar-refractivity contribution in [1.29, 1.82) is 0 Å².